The van der Waals surface area contributed by atoms with Crippen LogP contribution in [0, 0.1) is 6.92 Å². The minimum Gasteiger partial charge on any atom is -0.496 e. The Morgan fingerprint density at radius 3 is 2.71 bits per heavy atom. The summed E-state index contributed by atoms with van der Waals surface area (Å²) < 4.78 is 38.9. The fourth-order valence-electron chi connectivity index (χ4n) is 3.75. The van der Waals surface area contributed by atoms with Crippen molar-refractivity contribution in [1.29, 1.82) is 0 Å². The molecule has 1 fully saturated rings. The highest BCUT2D eigenvalue weighted by Crippen LogP contribution is 2.30. The monoisotopic (exact) mass is 441 g/mol. The summed E-state index contributed by atoms with van der Waals surface area (Å²) in [5, 5.41) is 0.646. The number of sulfonamides is 1. The van der Waals surface area contributed by atoms with Crippen molar-refractivity contribution in [3.63, 3.8) is 0 Å². The first kappa shape index (κ1) is 21.2. The maximum absolute atomic E-state index is 13.2. The lowest BCUT2D eigenvalue weighted by Gasteiger charge is -2.32. The summed E-state index contributed by atoms with van der Waals surface area (Å²) in [5.41, 5.74) is 7.70. The number of ether oxygens (including phenoxy) is 2. The number of benzene rings is 2. The van der Waals surface area contributed by atoms with Crippen molar-refractivity contribution in [3.05, 3.63) is 65.4 Å². The van der Waals surface area contributed by atoms with Crippen LogP contribution in [0.3, 0.4) is 0 Å². The van der Waals surface area contributed by atoms with E-state index in [-0.39, 0.29) is 24.6 Å². The second-order valence-electron chi connectivity index (χ2n) is 7.33. The van der Waals surface area contributed by atoms with Gasteiger partial charge in [0.2, 0.25) is 15.9 Å². The van der Waals surface area contributed by atoms with Gasteiger partial charge in [-0.1, -0.05) is 18.2 Å². The molecule has 4 rings (SSSR count). The number of amides is 1. The van der Waals surface area contributed by atoms with Crippen LogP contribution < -0.4 is 10.5 Å². The van der Waals surface area contributed by atoms with Gasteiger partial charge in [-0.2, -0.15) is 4.31 Å². The molecule has 0 bridgehead atoms. The molecule has 8 nitrogen and oxygen atoms in total. The van der Waals surface area contributed by atoms with E-state index in [1.165, 1.54) is 10.4 Å². The van der Waals surface area contributed by atoms with E-state index in [1.807, 2.05) is 6.07 Å². The van der Waals surface area contributed by atoms with Crippen LogP contribution in [-0.4, -0.2) is 50.4 Å². The molecule has 0 spiro atoms. The molecule has 0 saturated carbocycles. The lowest BCUT2D eigenvalue weighted by Crippen LogP contribution is -2.42. The Balaban J connectivity index is 1.67. The van der Waals surface area contributed by atoms with Crippen LogP contribution >= 0.6 is 0 Å². The molecule has 0 radical (unpaired) electrons. The minimum atomic E-state index is -3.74. The molecule has 9 heteroatoms. The van der Waals surface area contributed by atoms with Crippen molar-refractivity contribution in [2.75, 3.05) is 26.8 Å². The van der Waals surface area contributed by atoms with E-state index >= 15 is 0 Å². The van der Waals surface area contributed by atoms with Gasteiger partial charge in [-0.05, 0) is 42.8 Å². The lowest BCUT2D eigenvalue weighted by atomic mass is 10.0. The van der Waals surface area contributed by atoms with Crippen molar-refractivity contribution in [3.8, 4) is 5.75 Å². The molecule has 1 unspecified atom stereocenters. The van der Waals surface area contributed by atoms with E-state index in [2.05, 4.69) is 4.98 Å². The fraction of sp³-hybridized carbons (Fsp3) is 0.273. The Bertz CT molecular complexity index is 1260. The van der Waals surface area contributed by atoms with E-state index < -0.39 is 22.0 Å². The fourth-order valence-corrected chi connectivity index (χ4v) is 5.26. The number of carbonyl (C=O) groups excluding carboxylic acids is 1. The van der Waals surface area contributed by atoms with Crippen LogP contribution in [-0.2, 0) is 14.8 Å². The van der Waals surface area contributed by atoms with Crippen molar-refractivity contribution >= 4 is 26.8 Å². The number of nitrogens with zero attached hydrogens (tertiary/aromatic N) is 2. The van der Waals surface area contributed by atoms with Crippen LogP contribution in [0.15, 0.2) is 53.4 Å². The summed E-state index contributed by atoms with van der Waals surface area (Å²) in [7, 11) is -2.20. The number of para-hydroxylation sites is 1. The zero-order valence-corrected chi connectivity index (χ0v) is 18.1. The van der Waals surface area contributed by atoms with Crippen LogP contribution in [0.5, 0.6) is 5.75 Å². The molecule has 2 heterocycles. The SMILES string of the molecule is COc1ccc(S(=O)(=O)N2CCOC(c3cc(C(N)=O)c4ccccc4n3)C2)cc1C. The summed E-state index contributed by atoms with van der Waals surface area (Å²) >= 11 is 0. The van der Waals surface area contributed by atoms with E-state index in [0.29, 0.717) is 27.9 Å². The first-order valence-electron chi connectivity index (χ1n) is 9.77. The number of fused-ring (bicyclic) bond motifs is 1. The number of carbonyl (C=O) groups is 1. The molecule has 2 aromatic carbocycles. The lowest BCUT2D eigenvalue weighted by molar-refractivity contribution is -0.00479. The van der Waals surface area contributed by atoms with Gasteiger partial charge in [-0.3, -0.25) is 4.79 Å². The first-order chi connectivity index (χ1) is 14.8. The molecule has 0 aliphatic carbocycles. The van der Waals surface area contributed by atoms with Gasteiger partial charge in [0.05, 0.1) is 35.4 Å². The predicted molar refractivity (Wildman–Crippen MR) is 115 cm³/mol. The van der Waals surface area contributed by atoms with Crippen LogP contribution in [0.1, 0.15) is 27.7 Å². The quantitative estimate of drug-likeness (QED) is 0.651. The molecular weight excluding hydrogens is 418 g/mol. The number of pyridine rings is 1. The predicted octanol–water partition coefficient (Wildman–Crippen LogP) is 2.41. The van der Waals surface area contributed by atoms with E-state index in [9.17, 15) is 13.2 Å². The van der Waals surface area contributed by atoms with Crippen molar-refractivity contribution in [1.82, 2.24) is 9.29 Å². The van der Waals surface area contributed by atoms with Gasteiger partial charge in [0.25, 0.3) is 0 Å². The largest absolute Gasteiger partial charge is 0.496 e. The summed E-state index contributed by atoms with van der Waals surface area (Å²) in [6.07, 6.45) is -0.620. The van der Waals surface area contributed by atoms with Gasteiger partial charge in [0.15, 0.2) is 0 Å². The summed E-state index contributed by atoms with van der Waals surface area (Å²) in [6, 6.07) is 13.5. The minimum absolute atomic E-state index is 0.0803. The van der Waals surface area contributed by atoms with Gasteiger partial charge >= 0.3 is 0 Å². The molecule has 3 aromatic rings. The molecule has 1 atom stereocenters. The zero-order chi connectivity index (χ0) is 22.2. The highest BCUT2D eigenvalue weighted by atomic mass is 32.2. The van der Waals surface area contributed by atoms with Crippen molar-refractivity contribution < 1.29 is 22.7 Å². The number of nitrogens with two attached hydrogens (primary N) is 1. The normalized spacial score (nSPS) is 17.5. The van der Waals surface area contributed by atoms with Gasteiger partial charge in [-0.25, -0.2) is 13.4 Å². The van der Waals surface area contributed by atoms with E-state index in [1.54, 1.807) is 50.4 Å². The Morgan fingerprint density at radius 2 is 2.00 bits per heavy atom. The smallest absolute Gasteiger partial charge is 0.249 e. The van der Waals surface area contributed by atoms with Crippen molar-refractivity contribution in [2.24, 2.45) is 5.73 Å². The average molecular weight is 442 g/mol. The Kier molecular flexibility index (Phi) is 5.65. The zero-order valence-electron chi connectivity index (χ0n) is 17.2. The Labute approximate surface area is 180 Å². The van der Waals surface area contributed by atoms with Crippen molar-refractivity contribution in [2.45, 2.75) is 17.9 Å². The number of rotatable bonds is 5. The molecule has 1 aliphatic rings. The standard InChI is InChI=1S/C22H23N3O5S/c1-14-11-15(7-8-20(14)29-2)31(27,28)25-9-10-30-21(13-25)19-12-17(22(23)26)16-5-3-4-6-18(16)24-19/h3-8,11-12,21H,9-10,13H2,1-2H3,(H2,23,26). The molecular formula is C22H23N3O5S. The maximum Gasteiger partial charge on any atom is 0.249 e. The number of hydrogen-bond acceptors (Lipinski definition) is 6. The van der Waals surface area contributed by atoms with Gasteiger partial charge in [-0.15, -0.1) is 0 Å². The molecule has 1 saturated heterocycles. The number of methoxy groups -OCH3 is 1. The number of hydrogen-bond donors (Lipinski definition) is 1. The van der Waals surface area contributed by atoms with Crippen LogP contribution in [0.25, 0.3) is 10.9 Å². The highest BCUT2D eigenvalue weighted by Gasteiger charge is 2.33. The second kappa shape index (κ2) is 8.26. The van der Waals surface area contributed by atoms with E-state index in [0.717, 1.165) is 5.56 Å². The number of morpholine rings is 1. The molecule has 1 aliphatic heterocycles. The van der Waals surface area contributed by atoms with Crippen LogP contribution in [0.4, 0.5) is 0 Å². The van der Waals surface area contributed by atoms with Crippen LogP contribution in [0.2, 0.25) is 0 Å². The molecule has 31 heavy (non-hydrogen) atoms. The second-order valence-corrected chi connectivity index (χ2v) is 9.27. The summed E-state index contributed by atoms with van der Waals surface area (Å²) in [5.74, 6) is 0.0481. The number of aromatic nitrogens is 1. The third-order valence-corrected chi connectivity index (χ3v) is 7.23. The van der Waals surface area contributed by atoms with Gasteiger partial charge < -0.3 is 15.2 Å². The highest BCUT2D eigenvalue weighted by molar-refractivity contribution is 7.89. The first-order valence-corrected chi connectivity index (χ1v) is 11.2. The molecule has 1 aromatic heterocycles. The molecule has 1 amide bonds. The Hall–Kier alpha value is -3.01. The summed E-state index contributed by atoms with van der Waals surface area (Å²) in [4.78, 5) is 16.8. The Morgan fingerprint density at radius 1 is 1.23 bits per heavy atom. The van der Waals surface area contributed by atoms with Gasteiger partial charge in [0, 0.05) is 18.5 Å². The topological polar surface area (TPSA) is 112 Å². The maximum atomic E-state index is 13.2. The van der Waals surface area contributed by atoms with E-state index in [4.69, 9.17) is 15.2 Å². The number of primary amides is 1. The third kappa shape index (κ3) is 3.99. The summed E-state index contributed by atoms with van der Waals surface area (Å²) in [6.45, 7) is 2.31. The molecule has 2 N–H and O–H groups in total. The van der Waals surface area contributed by atoms with Gasteiger partial charge in [0.1, 0.15) is 11.9 Å². The average Bonchev–Trinajstić information content (AvgIpc) is 2.78. The number of aryl methyl sites for hydroxylation is 1. The third-order valence-electron chi connectivity index (χ3n) is 5.36. The molecule has 162 valence electrons.